The van der Waals surface area contributed by atoms with Crippen molar-refractivity contribution in [2.45, 2.75) is 32.6 Å². The number of hydrogen-bond acceptors (Lipinski definition) is 2. The third kappa shape index (κ3) is 2.72. The first kappa shape index (κ1) is 13.1. The van der Waals surface area contributed by atoms with Gasteiger partial charge in [0.1, 0.15) is 0 Å². The highest BCUT2D eigenvalue weighted by Gasteiger charge is 2.12. The van der Waals surface area contributed by atoms with Gasteiger partial charge in [-0.15, -0.1) is 0 Å². The number of rotatable bonds is 5. The average Bonchev–Trinajstić information content (AvgIpc) is 2.67. The SMILES string of the molecule is CCCCCC(=O)c1cc2[nH]c(=O)[nH]c2cc1Br. The number of ketones is 1. The van der Waals surface area contributed by atoms with Gasteiger partial charge in [0.2, 0.25) is 0 Å². The highest BCUT2D eigenvalue weighted by Crippen LogP contribution is 2.23. The first-order chi connectivity index (χ1) is 8.61. The molecule has 5 heteroatoms. The molecule has 0 amide bonds. The van der Waals surface area contributed by atoms with Crippen molar-refractivity contribution in [3.05, 3.63) is 32.7 Å². The zero-order chi connectivity index (χ0) is 13.1. The Labute approximate surface area is 113 Å². The number of Topliss-reactive ketones (excluding diaryl/α,β-unsaturated/α-hetero) is 1. The van der Waals surface area contributed by atoms with E-state index in [0.717, 1.165) is 23.7 Å². The van der Waals surface area contributed by atoms with Gasteiger partial charge in [0, 0.05) is 16.5 Å². The first-order valence-electron chi connectivity index (χ1n) is 6.06. The Bertz CT molecular complexity index is 627. The Morgan fingerprint density at radius 2 is 1.89 bits per heavy atom. The molecule has 2 aromatic rings. The van der Waals surface area contributed by atoms with Gasteiger partial charge < -0.3 is 9.97 Å². The van der Waals surface area contributed by atoms with E-state index in [0.29, 0.717) is 23.0 Å². The molecule has 1 aromatic carbocycles. The molecule has 0 atom stereocenters. The second kappa shape index (κ2) is 5.52. The second-order valence-electron chi connectivity index (χ2n) is 4.34. The highest BCUT2D eigenvalue weighted by molar-refractivity contribution is 9.10. The van der Waals surface area contributed by atoms with Crippen LogP contribution in [0.2, 0.25) is 0 Å². The number of carbonyl (C=O) groups excluding carboxylic acids is 1. The number of H-pyrrole nitrogens is 2. The van der Waals surface area contributed by atoms with Gasteiger partial charge in [0.15, 0.2) is 5.78 Å². The lowest BCUT2D eigenvalue weighted by Gasteiger charge is -2.04. The van der Waals surface area contributed by atoms with Crippen molar-refractivity contribution in [1.29, 1.82) is 0 Å². The summed E-state index contributed by atoms with van der Waals surface area (Å²) >= 11 is 3.38. The van der Waals surface area contributed by atoms with Crippen LogP contribution in [0.3, 0.4) is 0 Å². The molecule has 0 aliphatic carbocycles. The molecular formula is C13H15BrN2O2. The maximum absolute atomic E-state index is 12.1. The molecule has 96 valence electrons. The van der Waals surface area contributed by atoms with Crippen molar-refractivity contribution < 1.29 is 4.79 Å². The van der Waals surface area contributed by atoms with Gasteiger partial charge >= 0.3 is 5.69 Å². The van der Waals surface area contributed by atoms with Gasteiger partial charge in [-0.05, 0) is 34.5 Å². The van der Waals surface area contributed by atoms with E-state index in [-0.39, 0.29) is 11.5 Å². The molecule has 0 aliphatic rings. The molecule has 0 radical (unpaired) electrons. The summed E-state index contributed by atoms with van der Waals surface area (Å²) in [6.07, 6.45) is 3.61. The predicted octanol–water partition coefficient (Wildman–Crippen LogP) is 3.38. The van der Waals surface area contributed by atoms with E-state index in [1.54, 1.807) is 12.1 Å². The Morgan fingerprint density at radius 1 is 1.22 bits per heavy atom. The monoisotopic (exact) mass is 310 g/mol. The standard InChI is InChI=1S/C13H15BrN2O2/c1-2-3-4-5-12(17)8-6-10-11(7-9(8)14)16-13(18)15-10/h6-7H,2-5H2,1H3,(H2,15,16,18). The molecule has 0 saturated carbocycles. The lowest BCUT2D eigenvalue weighted by atomic mass is 10.0. The molecule has 2 N–H and O–H groups in total. The minimum absolute atomic E-state index is 0.110. The maximum Gasteiger partial charge on any atom is 0.323 e. The summed E-state index contributed by atoms with van der Waals surface area (Å²) in [7, 11) is 0. The average molecular weight is 311 g/mol. The van der Waals surface area contributed by atoms with Crippen LogP contribution in [0.1, 0.15) is 43.0 Å². The van der Waals surface area contributed by atoms with Crippen LogP contribution in [0.4, 0.5) is 0 Å². The van der Waals surface area contributed by atoms with E-state index < -0.39 is 0 Å². The fourth-order valence-electron chi connectivity index (χ4n) is 1.94. The number of unbranched alkanes of at least 4 members (excludes halogenated alkanes) is 2. The number of halogens is 1. The fraction of sp³-hybridized carbons (Fsp3) is 0.385. The summed E-state index contributed by atoms with van der Waals surface area (Å²) < 4.78 is 0.728. The Balaban J connectivity index is 2.29. The zero-order valence-corrected chi connectivity index (χ0v) is 11.8. The van der Waals surface area contributed by atoms with Gasteiger partial charge in [-0.1, -0.05) is 19.8 Å². The lowest BCUT2D eigenvalue weighted by molar-refractivity contribution is 0.0978. The summed E-state index contributed by atoms with van der Waals surface area (Å²) in [4.78, 5) is 28.6. The number of aromatic nitrogens is 2. The molecule has 4 nitrogen and oxygen atoms in total. The number of aromatic amines is 2. The van der Waals surface area contributed by atoms with Gasteiger partial charge in [0.25, 0.3) is 0 Å². The van der Waals surface area contributed by atoms with E-state index in [2.05, 4.69) is 32.8 Å². The van der Waals surface area contributed by atoms with E-state index in [1.165, 1.54) is 0 Å². The fourth-order valence-corrected chi connectivity index (χ4v) is 2.50. The molecule has 0 spiro atoms. The number of nitrogens with one attached hydrogen (secondary N) is 2. The van der Waals surface area contributed by atoms with Gasteiger partial charge in [-0.25, -0.2) is 4.79 Å². The van der Waals surface area contributed by atoms with Crippen LogP contribution < -0.4 is 5.69 Å². The van der Waals surface area contributed by atoms with Crippen molar-refractivity contribution >= 4 is 32.7 Å². The molecule has 0 bridgehead atoms. The minimum Gasteiger partial charge on any atom is -0.306 e. The summed E-state index contributed by atoms with van der Waals surface area (Å²) in [6.45, 7) is 2.11. The van der Waals surface area contributed by atoms with Crippen molar-refractivity contribution in [1.82, 2.24) is 9.97 Å². The van der Waals surface area contributed by atoms with Crippen LogP contribution >= 0.6 is 15.9 Å². The Hall–Kier alpha value is -1.36. The molecule has 0 saturated heterocycles. The Kier molecular flexibility index (Phi) is 4.01. The van der Waals surface area contributed by atoms with Gasteiger partial charge in [0.05, 0.1) is 11.0 Å². The maximum atomic E-state index is 12.1. The zero-order valence-electron chi connectivity index (χ0n) is 10.2. The number of imidazole rings is 1. The van der Waals surface area contributed by atoms with E-state index in [9.17, 15) is 9.59 Å². The van der Waals surface area contributed by atoms with Crippen molar-refractivity contribution in [3.8, 4) is 0 Å². The van der Waals surface area contributed by atoms with Crippen LogP contribution in [-0.2, 0) is 0 Å². The first-order valence-corrected chi connectivity index (χ1v) is 6.86. The minimum atomic E-state index is -0.257. The summed E-state index contributed by atoms with van der Waals surface area (Å²) in [5, 5.41) is 0. The molecule has 0 fully saturated rings. The number of fused-ring (bicyclic) bond motifs is 1. The van der Waals surface area contributed by atoms with Crippen LogP contribution in [0.5, 0.6) is 0 Å². The number of hydrogen-bond donors (Lipinski definition) is 2. The topological polar surface area (TPSA) is 65.7 Å². The molecule has 0 aliphatic heterocycles. The van der Waals surface area contributed by atoms with E-state index in [4.69, 9.17) is 0 Å². The summed E-state index contributed by atoms with van der Waals surface area (Å²) in [6, 6.07) is 3.49. The van der Waals surface area contributed by atoms with Gasteiger partial charge in [-0.2, -0.15) is 0 Å². The molecule has 0 unspecified atom stereocenters. The summed E-state index contributed by atoms with van der Waals surface area (Å²) in [5.74, 6) is 0.110. The molecule has 2 rings (SSSR count). The third-order valence-corrected chi connectivity index (χ3v) is 3.57. The summed E-state index contributed by atoms with van der Waals surface area (Å²) in [5.41, 5.74) is 1.75. The Morgan fingerprint density at radius 3 is 2.56 bits per heavy atom. The number of carbonyl (C=O) groups is 1. The lowest BCUT2D eigenvalue weighted by Crippen LogP contribution is -2.00. The van der Waals surface area contributed by atoms with Crippen molar-refractivity contribution in [2.75, 3.05) is 0 Å². The van der Waals surface area contributed by atoms with Crippen LogP contribution in [-0.4, -0.2) is 15.8 Å². The quantitative estimate of drug-likeness (QED) is 0.656. The predicted molar refractivity (Wildman–Crippen MR) is 75.1 cm³/mol. The molecule has 18 heavy (non-hydrogen) atoms. The van der Waals surface area contributed by atoms with Crippen LogP contribution in [0.25, 0.3) is 11.0 Å². The largest absolute Gasteiger partial charge is 0.323 e. The number of benzene rings is 1. The second-order valence-corrected chi connectivity index (χ2v) is 5.19. The van der Waals surface area contributed by atoms with E-state index >= 15 is 0 Å². The molecule has 1 heterocycles. The van der Waals surface area contributed by atoms with Crippen LogP contribution in [0.15, 0.2) is 21.4 Å². The third-order valence-electron chi connectivity index (χ3n) is 2.91. The van der Waals surface area contributed by atoms with Crippen molar-refractivity contribution in [3.63, 3.8) is 0 Å². The van der Waals surface area contributed by atoms with E-state index in [1.807, 2.05) is 0 Å². The van der Waals surface area contributed by atoms with Gasteiger partial charge in [-0.3, -0.25) is 4.79 Å². The molecule has 1 aromatic heterocycles. The normalized spacial score (nSPS) is 11.0. The molecular weight excluding hydrogens is 296 g/mol. The van der Waals surface area contributed by atoms with Crippen LogP contribution in [0, 0.1) is 0 Å². The van der Waals surface area contributed by atoms with Crippen molar-refractivity contribution in [2.24, 2.45) is 0 Å². The smallest absolute Gasteiger partial charge is 0.306 e. The highest BCUT2D eigenvalue weighted by atomic mass is 79.9.